The van der Waals surface area contributed by atoms with E-state index in [1.807, 2.05) is 0 Å². The van der Waals surface area contributed by atoms with Gasteiger partial charge in [-0.15, -0.1) is 11.3 Å². The van der Waals surface area contributed by atoms with E-state index >= 15 is 0 Å². The van der Waals surface area contributed by atoms with Crippen LogP contribution in [0, 0.1) is 0 Å². The summed E-state index contributed by atoms with van der Waals surface area (Å²) >= 11 is 1.79. The molecule has 5 heteroatoms. The van der Waals surface area contributed by atoms with Gasteiger partial charge in [0.15, 0.2) is 0 Å². The second-order valence-corrected chi connectivity index (χ2v) is 10.7. The molecule has 0 aliphatic carbocycles. The van der Waals surface area contributed by atoms with Gasteiger partial charge in [-0.25, -0.2) is 0 Å². The number of nitrogens with zero attached hydrogens (tertiary/aromatic N) is 2. The summed E-state index contributed by atoms with van der Waals surface area (Å²) in [5, 5.41) is 5.59. The predicted molar refractivity (Wildman–Crippen MR) is 148 cm³/mol. The van der Waals surface area contributed by atoms with Crippen LogP contribution < -0.4 is 10.1 Å². The van der Waals surface area contributed by atoms with E-state index in [0.717, 1.165) is 64.2 Å². The SMILES string of the molecule is CCNCCC(Oc1ccccc1CCN1CCC(c2ccccc2)(N(C)C)CC1)c1cccs1. The molecule has 1 aliphatic rings. The molecular weight excluding hydrogens is 450 g/mol. The summed E-state index contributed by atoms with van der Waals surface area (Å²) < 4.78 is 6.64. The molecule has 1 saturated heterocycles. The van der Waals surface area contributed by atoms with Crippen molar-refractivity contribution in [2.24, 2.45) is 0 Å². The highest BCUT2D eigenvalue weighted by Crippen LogP contribution is 2.37. The minimum atomic E-state index is 0.0942. The van der Waals surface area contributed by atoms with Crippen molar-refractivity contribution in [3.05, 3.63) is 88.1 Å². The number of hydrogen-bond acceptors (Lipinski definition) is 5. The van der Waals surface area contributed by atoms with Gasteiger partial charge in [-0.2, -0.15) is 0 Å². The van der Waals surface area contributed by atoms with Crippen LogP contribution in [0.5, 0.6) is 5.75 Å². The zero-order valence-electron chi connectivity index (χ0n) is 21.6. The largest absolute Gasteiger partial charge is 0.485 e. The van der Waals surface area contributed by atoms with Crippen molar-refractivity contribution in [1.29, 1.82) is 0 Å². The predicted octanol–water partition coefficient (Wildman–Crippen LogP) is 5.96. The van der Waals surface area contributed by atoms with Gasteiger partial charge in [-0.1, -0.05) is 61.5 Å². The van der Waals surface area contributed by atoms with Gasteiger partial charge < -0.3 is 15.0 Å². The molecule has 0 bridgehead atoms. The van der Waals surface area contributed by atoms with Gasteiger partial charge in [0.1, 0.15) is 11.9 Å². The van der Waals surface area contributed by atoms with Crippen molar-refractivity contribution in [3.8, 4) is 5.75 Å². The Hall–Kier alpha value is -2.18. The first-order chi connectivity index (χ1) is 17.1. The fourth-order valence-corrected chi connectivity index (χ4v) is 6.08. The Morgan fingerprint density at radius 1 is 1.00 bits per heavy atom. The van der Waals surface area contributed by atoms with Crippen LogP contribution in [-0.4, -0.2) is 56.6 Å². The van der Waals surface area contributed by atoms with Crippen LogP contribution in [0.15, 0.2) is 72.1 Å². The molecule has 2 heterocycles. The van der Waals surface area contributed by atoms with Crippen molar-refractivity contribution >= 4 is 11.3 Å². The normalized spacial score (nSPS) is 16.9. The van der Waals surface area contributed by atoms with E-state index in [4.69, 9.17) is 4.74 Å². The average Bonchev–Trinajstić information content (AvgIpc) is 3.43. The lowest BCUT2D eigenvalue weighted by molar-refractivity contribution is 0.0542. The van der Waals surface area contributed by atoms with Gasteiger partial charge in [0.25, 0.3) is 0 Å². The second-order valence-electron chi connectivity index (χ2n) is 9.76. The summed E-state index contributed by atoms with van der Waals surface area (Å²) in [6.07, 6.45) is 4.40. The molecule has 35 heavy (non-hydrogen) atoms. The summed E-state index contributed by atoms with van der Waals surface area (Å²) in [4.78, 5) is 6.36. The number of benzene rings is 2. The van der Waals surface area contributed by atoms with Gasteiger partial charge in [0.05, 0.1) is 0 Å². The van der Waals surface area contributed by atoms with Crippen molar-refractivity contribution < 1.29 is 4.74 Å². The molecule has 0 radical (unpaired) electrons. The lowest BCUT2D eigenvalue weighted by Crippen LogP contribution is -2.50. The first-order valence-electron chi connectivity index (χ1n) is 13.1. The maximum atomic E-state index is 6.64. The third kappa shape index (κ3) is 6.53. The lowest BCUT2D eigenvalue weighted by atomic mass is 9.79. The van der Waals surface area contributed by atoms with Crippen LogP contribution in [0.3, 0.4) is 0 Å². The van der Waals surface area contributed by atoms with Gasteiger partial charge in [-0.05, 0) is 75.1 Å². The minimum Gasteiger partial charge on any atom is -0.485 e. The zero-order valence-corrected chi connectivity index (χ0v) is 22.4. The molecule has 1 N–H and O–H groups in total. The Kier molecular flexibility index (Phi) is 9.38. The molecule has 1 aromatic heterocycles. The van der Waals surface area contributed by atoms with E-state index in [1.165, 1.54) is 16.0 Å². The molecule has 1 aliphatic heterocycles. The van der Waals surface area contributed by atoms with Crippen molar-refractivity contribution in [3.63, 3.8) is 0 Å². The Labute approximate surface area is 215 Å². The number of piperidine rings is 1. The highest BCUT2D eigenvalue weighted by Gasteiger charge is 2.37. The molecule has 0 saturated carbocycles. The van der Waals surface area contributed by atoms with Gasteiger partial charge in [0.2, 0.25) is 0 Å². The number of nitrogens with one attached hydrogen (secondary N) is 1. The lowest BCUT2D eigenvalue weighted by Gasteiger charge is -2.46. The van der Waals surface area contributed by atoms with Crippen molar-refractivity contribution in [1.82, 2.24) is 15.1 Å². The molecule has 0 spiro atoms. The topological polar surface area (TPSA) is 27.7 Å². The number of rotatable bonds is 12. The fraction of sp³-hybridized carbons (Fsp3) is 0.467. The van der Waals surface area contributed by atoms with Crippen LogP contribution in [0.4, 0.5) is 0 Å². The second kappa shape index (κ2) is 12.7. The minimum absolute atomic E-state index is 0.0942. The maximum Gasteiger partial charge on any atom is 0.134 e. The molecule has 4 nitrogen and oxygen atoms in total. The first kappa shape index (κ1) is 25.9. The van der Waals surface area contributed by atoms with Crippen molar-refractivity contribution in [2.45, 2.75) is 44.2 Å². The highest BCUT2D eigenvalue weighted by atomic mass is 32.1. The highest BCUT2D eigenvalue weighted by molar-refractivity contribution is 7.10. The number of likely N-dealkylation sites (tertiary alicyclic amines) is 1. The van der Waals surface area contributed by atoms with E-state index in [-0.39, 0.29) is 11.6 Å². The van der Waals surface area contributed by atoms with Crippen LogP contribution in [0.2, 0.25) is 0 Å². The van der Waals surface area contributed by atoms with E-state index in [0.29, 0.717) is 0 Å². The summed E-state index contributed by atoms with van der Waals surface area (Å²) in [5.74, 6) is 1.03. The first-order valence-corrected chi connectivity index (χ1v) is 13.9. The Morgan fingerprint density at radius 3 is 2.43 bits per heavy atom. The summed E-state index contributed by atoms with van der Waals surface area (Å²) in [5.41, 5.74) is 2.89. The van der Waals surface area contributed by atoms with Crippen LogP contribution in [0.25, 0.3) is 0 Å². The number of para-hydroxylation sites is 1. The van der Waals surface area contributed by atoms with Crippen molar-refractivity contribution in [2.75, 3.05) is 46.8 Å². The third-order valence-corrected chi connectivity index (χ3v) is 8.45. The number of ether oxygens (including phenoxy) is 1. The standard InChI is InChI=1S/C30H41N3OS/c1-4-31-20-16-28(29-15-10-24-35-29)34-27-14-9-8-11-25(27)17-21-33-22-18-30(19-23-33,32(2)3)26-12-6-5-7-13-26/h5-15,24,28,31H,4,16-23H2,1-3H3. The van der Waals surface area contributed by atoms with Gasteiger partial charge >= 0.3 is 0 Å². The van der Waals surface area contributed by atoms with Crippen LogP contribution in [0.1, 0.15) is 48.3 Å². The van der Waals surface area contributed by atoms with E-state index in [9.17, 15) is 0 Å². The van der Waals surface area contributed by atoms with Crippen LogP contribution >= 0.6 is 11.3 Å². The summed E-state index contributed by atoms with van der Waals surface area (Å²) in [7, 11) is 4.46. The Balaban J connectivity index is 1.38. The van der Waals surface area contributed by atoms with E-state index in [1.54, 1.807) is 11.3 Å². The molecule has 1 unspecified atom stereocenters. The Bertz CT molecular complexity index is 997. The molecule has 1 atom stereocenters. The molecule has 188 valence electrons. The Morgan fingerprint density at radius 2 is 1.74 bits per heavy atom. The number of hydrogen-bond donors (Lipinski definition) is 1. The molecule has 1 fully saturated rings. The molecule has 2 aromatic carbocycles. The monoisotopic (exact) mass is 491 g/mol. The molecule has 4 rings (SSSR count). The quantitative estimate of drug-likeness (QED) is 0.316. The van der Waals surface area contributed by atoms with Gasteiger partial charge in [-0.3, -0.25) is 4.90 Å². The summed E-state index contributed by atoms with van der Waals surface area (Å²) in [6.45, 7) is 7.42. The summed E-state index contributed by atoms with van der Waals surface area (Å²) in [6, 6.07) is 24.0. The van der Waals surface area contributed by atoms with Crippen LogP contribution in [-0.2, 0) is 12.0 Å². The van der Waals surface area contributed by atoms with E-state index < -0.39 is 0 Å². The van der Waals surface area contributed by atoms with E-state index in [2.05, 4.69) is 108 Å². The maximum absolute atomic E-state index is 6.64. The zero-order chi connectivity index (χ0) is 24.5. The number of thiophene rings is 1. The van der Waals surface area contributed by atoms with Gasteiger partial charge in [0, 0.05) is 36.5 Å². The average molecular weight is 492 g/mol. The molecular formula is C30H41N3OS. The molecule has 3 aromatic rings. The third-order valence-electron chi connectivity index (χ3n) is 7.48. The smallest absolute Gasteiger partial charge is 0.134 e. The fourth-order valence-electron chi connectivity index (χ4n) is 5.29. The molecule has 0 amide bonds.